The van der Waals surface area contributed by atoms with Gasteiger partial charge in [0.2, 0.25) is 0 Å². The fourth-order valence-electron chi connectivity index (χ4n) is 1.82. The van der Waals surface area contributed by atoms with Gasteiger partial charge in [-0.2, -0.15) is 0 Å². The molecule has 0 heterocycles. The lowest BCUT2D eigenvalue weighted by Crippen LogP contribution is -2.13. The van der Waals surface area contributed by atoms with Crippen molar-refractivity contribution in [3.8, 4) is 5.75 Å². The molecule has 21 heavy (non-hydrogen) atoms. The number of hydrogen-bond acceptors (Lipinski definition) is 3. The molecule has 1 amide bonds. The normalized spacial score (nSPS) is 10.0. The fraction of sp³-hybridized carbons (Fsp3) is 0.125. The first-order valence-corrected chi connectivity index (χ1v) is 6.65. The maximum Gasteiger partial charge on any atom is 0.255 e. The van der Waals surface area contributed by atoms with Crippen LogP contribution in [0.15, 0.2) is 42.5 Å². The summed E-state index contributed by atoms with van der Waals surface area (Å²) in [6.45, 7) is 1.46. The lowest BCUT2D eigenvalue weighted by atomic mass is 10.1. The van der Waals surface area contributed by atoms with E-state index in [1.807, 2.05) is 0 Å². The van der Waals surface area contributed by atoms with Crippen LogP contribution in [0.5, 0.6) is 5.75 Å². The topological polar surface area (TPSA) is 55.4 Å². The van der Waals surface area contributed by atoms with Gasteiger partial charge in [-0.25, -0.2) is 0 Å². The van der Waals surface area contributed by atoms with Gasteiger partial charge in [-0.1, -0.05) is 11.6 Å². The lowest BCUT2D eigenvalue weighted by Gasteiger charge is -2.11. The van der Waals surface area contributed by atoms with Gasteiger partial charge in [0.25, 0.3) is 5.91 Å². The first-order valence-electron chi connectivity index (χ1n) is 6.27. The molecule has 2 aromatic carbocycles. The Labute approximate surface area is 127 Å². The van der Waals surface area contributed by atoms with E-state index in [-0.39, 0.29) is 11.7 Å². The summed E-state index contributed by atoms with van der Waals surface area (Å²) in [4.78, 5) is 23.6. The Morgan fingerprint density at radius 1 is 1.05 bits per heavy atom. The zero-order chi connectivity index (χ0) is 15.4. The molecular formula is C16H14ClNO3. The highest BCUT2D eigenvalue weighted by Gasteiger charge is 2.12. The van der Waals surface area contributed by atoms with Gasteiger partial charge in [0, 0.05) is 16.1 Å². The van der Waals surface area contributed by atoms with E-state index in [1.165, 1.54) is 14.0 Å². The Balaban J connectivity index is 2.29. The van der Waals surface area contributed by atoms with Crippen molar-refractivity contribution in [3.05, 3.63) is 58.6 Å². The van der Waals surface area contributed by atoms with Crippen LogP contribution in [0.2, 0.25) is 5.02 Å². The summed E-state index contributed by atoms with van der Waals surface area (Å²) in [5.41, 5.74) is 1.42. The molecule has 0 aliphatic rings. The SMILES string of the molecule is COc1ccc(C(C)=O)cc1NC(=O)c1ccc(Cl)cc1. The maximum atomic E-state index is 12.2. The summed E-state index contributed by atoms with van der Waals surface area (Å²) >= 11 is 5.79. The van der Waals surface area contributed by atoms with E-state index >= 15 is 0 Å². The molecule has 0 unspecified atom stereocenters. The summed E-state index contributed by atoms with van der Waals surface area (Å²) in [6.07, 6.45) is 0. The number of rotatable bonds is 4. The Kier molecular flexibility index (Phi) is 4.60. The summed E-state index contributed by atoms with van der Waals surface area (Å²) in [6, 6.07) is 11.4. The third-order valence-corrected chi connectivity index (χ3v) is 3.21. The second kappa shape index (κ2) is 6.41. The highest BCUT2D eigenvalue weighted by atomic mass is 35.5. The Bertz CT molecular complexity index is 680. The molecule has 0 aromatic heterocycles. The molecule has 4 nitrogen and oxygen atoms in total. The maximum absolute atomic E-state index is 12.2. The molecule has 0 aliphatic carbocycles. The van der Waals surface area contributed by atoms with Gasteiger partial charge < -0.3 is 10.1 Å². The summed E-state index contributed by atoms with van der Waals surface area (Å²) in [7, 11) is 1.50. The predicted molar refractivity (Wildman–Crippen MR) is 82.4 cm³/mol. The van der Waals surface area contributed by atoms with Crippen molar-refractivity contribution < 1.29 is 14.3 Å². The van der Waals surface area contributed by atoms with Crippen LogP contribution >= 0.6 is 11.6 Å². The molecule has 0 spiro atoms. The number of methoxy groups -OCH3 is 1. The minimum atomic E-state index is -0.300. The quantitative estimate of drug-likeness (QED) is 0.874. The number of anilines is 1. The molecule has 0 bridgehead atoms. The second-order valence-corrected chi connectivity index (χ2v) is 4.87. The summed E-state index contributed by atoms with van der Waals surface area (Å²) in [5, 5.41) is 3.29. The third-order valence-electron chi connectivity index (χ3n) is 2.96. The summed E-state index contributed by atoms with van der Waals surface area (Å²) in [5.74, 6) is 0.104. The highest BCUT2D eigenvalue weighted by molar-refractivity contribution is 6.30. The molecule has 1 N–H and O–H groups in total. The first-order chi connectivity index (χ1) is 10.0. The first kappa shape index (κ1) is 15.1. The number of ether oxygens (including phenoxy) is 1. The molecular weight excluding hydrogens is 290 g/mol. The predicted octanol–water partition coefficient (Wildman–Crippen LogP) is 3.80. The number of benzene rings is 2. The van der Waals surface area contributed by atoms with E-state index in [4.69, 9.17) is 16.3 Å². The largest absolute Gasteiger partial charge is 0.495 e. The zero-order valence-corrected chi connectivity index (χ0v) is 12.4. The number of Topliss-reactive ketones (excluding diaryl/α,β-unsaturated/α-hetero) is 1. The number of hydrogen-bond donors (Lipinski definition) is 1. The van der Waals surface area contributed by atoms with Gasteiger partial charge in [-0.05, 0) is 49.4 Å². The number of halogens is 1. The van der Waals surface area contributed by atoms with Crippen LogP contribution in [-0.4, -0.2) is 18.8 Å². The lowest BCUT2D eigenvalue weighted by molar-refractivity contribution is 0.101. The molecule has 5 heteroatoms. The van der Waals surface area contributed by atoms with E-state index in [1.54, 1.807) is 42.5 Å². The van der Waals surface area contributed by atoms with Gasteiger partial charge in [0.05, 0.1) is 12.8 Å². The van der Waals surface area contributed by atoms with Crippen LogP contribution in [0.25, 0.3) is 0 Å². The van der Waals surface area contributed by atoms with Crippen molar-refractivity contribution in [2.24, 2.45) is 0 Å². The highest BCUT2D eigenvalue weighted by Crippen LogP contribution is 2.26. The number of nitrogens with one attached hydrogen (secondary N) is 1. The minimum Gasteiger partial charge on any atom is -0.495 e. The number of ketones is 1. The van der Waals surface area contributed by atoms with Gasteiger partial charge >= 0.3 is 0 Å². The standard InChI is InChI=1S/C16H14ClNO3/c1-10(19)12-5-8-15(21-2)14(9-12)18-16(20)11-3-6-13(17)7-4-11/h3-9H,1-2H3,(H,18,20). The molecule has 0 saturated heterocycles. The Morgan fingerprint density at radius 3 is 2.24 bits per heavy atom. The van der Waals surface area contributed by atoms with Crippen molar-refractivity contribution >= 4 is 29.0 Å². The van der Waals surface area contributed by atoms with Crippen LogP contribution in [0.4, 0.5) is 5.69 Å². The average molecular weight is 304 g/mol. The fourth-order valence-corrected chi connectivity index (χ4v) is 1.95. The van der Waals surface area contributed by atoms with Crippen molar-refractivity contribution in [2.45, 2.75) is 6.92 Å². The molecule has 0 fully saturated rings. The van der Waals surface area contributed by atoms with Crippen LogP contribution in [0, 0.1) is 0 Å². The summed E-state index contributed by atoms with van der Waals surface area (Å²) < 4.78 is 5.19. The van der Waals surface area contributed by atoms with E-state index in [9.17, 15) is 9.59 Å². The van der Waals surface area contributed by atoms with Gasteiger partial charge in [0.1, 0.15) is 5.75 Å². The van der Waals surface area contributed by atoms with Gasteiger partial charge in [-0.15, -0.1) is 0 Å². The number of carbonyl (C=O) groups excluding carboxylic acids is 2. The van der Waals surface area contributed by atoms with E-state index in [2.05, 4.69) is 5.32 Å². The van der Waals surface area contributed by atoms with E-state index < -0.39 is 0 Å². The Morgan fingerprint density at radius 2 is 1.67 bits per heavy atom. The Hall–Kier alpha value is -2.33. The van der Waals surface area contributed by atoms with E-state index in [0.717, 1.165) is 0 Å². The zero-order valence-electron chi connectivity index (χ0n) is 11.6. The van der Waals surface area contributed by atoms with Crippen LogP contribution in [-0.2, 0) is 0 Å². The number of amides is 1. The molecule has 2 aromatic rings. The smallest absolute Gasteiger partial charge is 0.255 e. The third kappa shape index (κ3) is 3.61. The molecule has 0 radical (unpaired) electrons. The van der Waals surface area contributed by atoms with E-state index in [0.29, 0.717) is 27.6 Å². The van der Waals surface area contributed by atoms with Crippen molar-refractivity contribution in [3.63, 3.8) is 0 Å². The molecule has 0 aliphatic heterocycles. The van der Waals surface area contributed by atoms with Crippen LogP contribution in [0.1, 0.15) is 27.6 Å². The van der Waals surface area contributed by atoms with Gasteiger partial charge in [0.15, 0.2) is 5.78 Å². The second-order valence-electron chi connectivity index (χ2n) is 4.43. The van der Waals surface area contributed by atoms with Crippen molar-refractivity contribution in [1.29, 1.82) is 0 Å². The molecule has 0 atom stereocenters. The molecule has 2 rings (SSSR count). The molecule has 108 valence electrons. The molecule has 0 saturated carbocycles. The minimum absolute atomic E-state index is 0.0837. The van der Waals surface area contributed by atoms with Gasteiger partial charge in [-0.3, -0.25) is 9.59 Å². The van der Waals surface area contributed by atoms with Crippen molar-refractivity contribution in [2.75, 3.05) is 12.4 Å². The average Bonchev–Trinajstić information content (AvgIpc) is 2.47. The number of carbonyl (C=O) groups is 2. The van der Waals surface area contributed by atoms with Crippen LogP contribution < -0.4 is 10.1 Å². The van der Waals surface area contributed by atoms with Crippen molar-refractivity contribution in [1.82, 2.24) is 0 Å². The van der Waals surface area contributed by atoms with Crippen LogP contribution in [0.3, 0.4) is 0 Å². The monoisotopic (exact) mass is 303 g/mol.